The summed E-state index contributed by atoms with van der Waals surface area (Å²) in [6, 6.07) is 6.40. The van der Waals surface area contributed by atoms with E-state index in [1.165, 1.54) is 6.07 Å². The number of para-hydroxylation sites is 1. The van der Waals surface area contributed by atoms with Gasteiger partial charge in [-0.05, 0) is 38.8 Å². The molecule has 1 atom stereocenters. The number of nitro benzene ring substituents is 1. The Labute approximate surface area is 121 Å². The normalized spacial score (nSPS) is 22.1. The number of hydrogen-bond acceptors (Lipinski definition) is 6. The summed E-state index contributed by atoms with van der Waals surface area (Å²) >= 11 is 0. The van der Waals surface area contributed by atoms with Gasteiger partial charge in [-0.1, -0.05) is 17.3 Å². The number of benzene rings is 1. The Morgan fingerprint density at radius 2 is 2.19 bits per heavy atom. The van der Waals surface area contributed by atoms with E-state index in [9.17, 15) is 10.1 Å². The summed E-state index contributed by atoms with van der Waals surface area (Å²) in [5, 5.41) is 18.4. The first-order valence-corrected chi connectivity index (χ1v) is 6.93. The summed E-state index contributed by atoms with van der Waals surface area (Å²) in [6.07, 6.45) is 3.12. The Morgan fingerprint density at radius 3 is 2.90 bits per heavy atom. The van der Waals surface area contributed by atoms with Gasteiger partial charge in [0.05, 0.1) is 10.5 Å². The zero-order valence-corrected chi connectivity index (χ0v) is 11.7. The Hall–Kier alpha value is -2.28. The van der Waals surface area contributed by atoms with Gasteiger partial charge in [0.2, 0.25) is 11.7 Å². The number of nitrogens with zero attached hydrogens (tertiary/aromatic N) is 3. The molecule has 1 saturated heterocycles. The van der Waals surface area contributed by atoms with Gasteiger partial charge in [-0.3, -0.25) is 10.1 Å². The molecule has 3 rings (SSSR count). The van der Waals surface area contributed by atoms with Gasteiger partial charge < -0.3 is 9.84 Å². The average molecular weight is 288 g/mol. The van der Waals surface area contributed by atoms with Crippen molar-refractivity contribution in [1.29, 1.82) is 0 Å². The minimum atomic E-state index is -0.439. The van der Waals surface area contributed by atoms with Crippen LogP contribution < -0.4 is 5.32 Å². The SMILES string of the molecule is CC1(c2nc(-c3ccccc3[N+](=O)[O-])no2)CCCCN1. The first kappa shape index (κ1) is 13.7. The molecule has 0 bridgehead atoms. The van der Waals surface area contributed by atoms with E-state index in [-0.39, 0.29) is 17.1 Å². The van der Waals surface area contributed by atoms with Crippen LogP contribution in [0.25, 0.3) is 11.4 Å². The van der Waals surface area contributed by atoms with Crippen LogP contribution in [0.15, 0.2) is 28.8 Å². The zero-order valence-electron chi connectivity index (χ0n) is 11.7. The molecule has 2 aromatic rings. The fourth-order valence-corrected chi connectivity index (χ4v) is 2.62. The molecule has 0 aliphatic carbocycles. The summed E-state index contributed by atoms with van der Waals surface area (Å²) in [5.41, 5.74) is -0.00363. The predicted octanol–water partition coefficient (Wildman–Crippen LogP) is 2.63. The lowest BCUT2D eigenvalue weighted by Gasteiger charge is -2.31. The Bertz CT molecular complexity index is 662. The molecule has 1 aliphatic rings. The van der Waals surface area contributed by atoms with Crippen LogP contribution in [-0.2, 0) is 5.54 Å². The van der Waals surface area contributed by atoms with Gasteiger partial charge in [-0.15, -0.1) is 0 Å². The van der Waals surface area contributed by atoms with Crippen molar-refractivity contribution in [2.75, 3.05) is 6.54 Å². The highest BCUT2D eigenvalue weighted by Crippen LogP contribution is 2.32. The maximum absolute atomic E-state index is 11.1. The van der Waals surface area contributed by atoms with Crippen molar-refractivity contribution in [3.8, 4) is 11.4 Å². The summed E-state index contributed by atoms with van der Waals surface area (Å²) in [4.78, 5) is 15.0. The Balaban J connectivity index is 1.97. The van der Waals surface area contributed by atoms with E-state index in [1.807, 2.05) is 6.92 Å². The van der Waals surface area contributed by atoms with E-state index >= 15 is 0 Å². The quantitative estimate of drug-likeness (QED) is 0.689. The third kappa shape index (κ3) is 2.52. The monoisotopic (exact) mass is 288 g/mol. The zero-order chi connectivity index (χ0) is 14.9. The number of aromatic nitrogens is 2. The van der Waals surface area contributed by atoms with Crippen LogP contribution in [0.1, 0.15) is 32.1 Å². The second-order valence-electron chi connectivity index (χ2n) is 5.41. The van der Waals surface area contributed by atoms with Gasteiger partial charge in [0.1, 0.15) is 5.56 Å². The summed E-state index contributed by atoms with van der Waals surface area (Å²) < 4.78 is 5.35. The first-order chi connectivity index (χ1) is 10.1. The maximum Gasteiger partial charge on any atom is 0.280 e. The van der Waals surface area contributed by atoms with Crippen molar-refractivity contribution < 1.29 is 9.45 Å². The largest absolute Gasteiger partial charge is 0.337 e. The molecule has 0 saturated carbocycles. The van der Waals surface area contributed by atoms with Gasteiger partial charge in [0.25, 0.3) is 5.69 Å². The molecule has 1 aliphatic heterocycles. The average Bonchev–Trinajstić information content (AvgIpc) is 2.98. The van der Waals surface area contributed by atoms with Gasteiger partial charge >= 0.3 is 0 Å². The van der Waals surface area contributed by atoms with Gasteiger partial charge in [0, 0.05) is 6.07 Å². The maximum atomic E-state index is 11.1. The van der Waals surface area contributed by atoms with Gasteiger partial charge in [-0.25, -0.2) is 0 Å². The molecule has 1 fully saturated rings. The Kier molecular flexibility index (Phi) is 3.42. The molecule has 7 heteroatoms. The minimum Gasteiger partial charge on any atom is -0.337 e. The summed E-state index contributed by atoms with van der Waals surface area (Å²) in [5.74, 6) is 0.737. The summed E-state index contributed by atoms with van der Waals surface area (Å²) in [6.45, 7) is 2.92. The van der Waals surface area contributed by atoms with Gasteiger partial charge in [-0.2, -0.15) is 4.98 Å². The molecular formula is C14H16N4O3. The van der Waals surface area contributed by atoms with Crippen molar-refractivity contribution in [2.45, 2.75) is 31.7 Å². The molecular weight excluding hydrogens is 272 g/mol. The molecule has 0 spiro atoms. The van der Waals surface area contributed by atoms with Crippen LogP contribution in [0, 0.1) is 10.1 Å². The molecule has 1 N–H and O–H groups in total. The molecule has 110 valence electrons. The lowest BCUT2D eigenvalue weighted by molar-refractivity contribution is -0.384. The third-order valence-corrected chi connectivity index (χ3v) is 3.86. The molecule has 1 unspecified atom stereocenters. The van der Waals surface area contributed by atoms with E-state index in [0.717, 1.165) is 25.8 Å². The number of piperidine rings is 1. The van der Waals surface area contributed by atoms with Crippen LogP contribution in [0.5, 0.6) is 0 Å². The molecule has 0 radical (unpaired) electrons. The number of hydrogen-bond donors (Lipinski definition) is 1. The van der Waals surface area contributed by atoms with Crippen LogP contribution in [-0.4, -0.2) is 21.6 Å². The summed E-state index contributed by atoms with van der Waals surface area (Å²) in [7, 11) is 0. The highest BCUT2D eigenvalue weighted by atomic mass is 16.6. The van der Waals surface area contributed by atoms with E-state index in [1.54, 1.807) is 18.2 Å². The molecule has 0 amide bonds. The van der Waals surface area contributed by atoms with E-state index < -0.39 is 4.92 Å². The topological polar surface area (TPSA) is 94.1 Å². The molecule has 21 heavy (non-hydrogen) atoms. The predicted molar refractivity (Wildman–Crippen MR) is 75.6 cm³/mol. The van der Waals surface area contributed by atoms with E-state index in [4.69, 9.17) is 4.52 Å². The molecule has 1 aromatic heterocycles. The van der Waals surface area contributed by atoms with Crippen LogP contribution in [0.2, 0.25) is 0 Å². The van der Waals surface area contributed by atoms with Crippen LogP contribution in [0.3, 0.4) is 0 Å². The number of rotatable bonds is 3. The van der Waals surface area contributed by atoms with E-state index in [2.05, 4.69) is 15.5 Å². The first-order valence-electron chi connectivity index (χ1n) is 6.93. The number of nitro groups is 1. The lowest BCUT2D eigenvalue weighted by Crippen LogP contribution is -2.43. The van der Waals surface area contributed by atoms with Crippen LogP contribution >= 0.6 is 0 Å². The van der Waals surface area contributed by atoms with Crippen molar-refractivity contribution >= 4 is 5.69 Å². The van der Waals surface area contributed by atoms with E-state index in [0.29, 0.717) is 11.5 Å². The Morgan fingerprint density at radius 1 is 1.38 bits per heavy atom. The third-order valence-electron chi connectivity index (χ3n) is 3.86. The van der Waals surface area contributed by atoms with Crippen LogP contribution in [0.4, 0.5) is 5.69 Å². The standard InChI is InChI=1S/C14H16N4O3/c1-14(8-4-5-9-15-14)13-16-12(17-21-13)10-6-2-3-7-11(10)18(19)20/h2-3,6-7,15H,4-5,8-9H2,1H3. The highest BCUT2D eigenvalue weighted by molar-refractivity contribution is 5.67. The second kappa shape index (κ2) is 5.25. The second-order valence-corrected chi connectivity index (χ2v) is 5.41. The van der Waals surface area contributed by atoms with Crippen molar-refractivity contribution in [1.82, 2.24) is 15.5 Å². The molecule has 1 aromatic carbocycles. The highest BCUT2D eigenvalue weighted by Gasteiger charge is 2.34. The lowest BCUT2D eigenvalue weighted by atomic mass is 9.91. The van der Waals surface area contributed by atoms with Gasteiger partial charge in [0.15, 0.2) is 0 Å². The smallest absolute Gasteiger partial charge is 0.280 e. The molecule has 2 heterocycles. The number of nitrogens with one attached hydrogen (secondary N) is 1. The fourth-order valence-electron chi connectivity index (χ4n) is 2.62. The van der Waals surface area contributed by atoms with Crippen molar-refractivity contribution in [3.63, 3.8) is 0 Å². The van der Waals surface area contributed by atoms with Crippen molar-refractivity contribution in [2.24, 2.45) is 0 Å². The van der Waals surface area contributed by atoms with Crippen molar-refractivity contribution in [3.05, 3.63) is 40.3 Å². The minimum absolute atomic E-state index is 0.0217. The fraction of sp³-hybridized carbons (Fsp3) is 0.429. The molecule has 7 nitrogen and oxygen atoms in total.